The predicted molar refractivity (Wildman–Crippen MR) is 123 cm³/mol. The molecule has 2 aromatic carbocycles. The van der Waals surface area contributed by atoms with Crippen molar-refractivity contribution in [3.05, 3.63) is 71.3 Å². The summed E-state index contributed by atoms with van der Waals surface area (Å²) in [5, 5.41) is 9.65. The number of ether oxygens (including phenoxy) is 1. The number of nitrogens with zero attached hydrogens (tertiary/aromatic N) is 3. The van der Waals surface area contributed by atoms with Crippen molar-refractivity contribution in [2.45, 2.75) is 38.3 Å². The molecule has 33 heavy (non-hydrogen) atoms. The summed E-state index contributed by atoms with van der Waals surface area (Å²) < 4.78 is 19.8. The molecule has 5 rings (SSSR count). The molecule has 2 aliphatic rings. The maximum Gasteiger partial charge on any atom is 0.185 e. The van der Waals surface area contributed by atoms with Crippen molar-refractivity contribution in [3.8, 4) is 17.1 Å². The summed E-state index contributed by atoms with van der Waals surface area (Å²) in [7, 11) is 1.45. The van der Waals surface area contributed by atoms with Gasteiger partial charge in [0.25, 0.3) is 0 Å². The summed E-state index contributed by atoms with van der Waals surface area (Å²) in [6.07, 6.45) is 5.26. The molecule has 6 nitrogen and oxygen atoms in total. The summed E-state index contributed by atoms with van der Waals surface area (Å²) in [5.74, 6) is 0.436. The van der Waals surface area contributed by atoms with E-state index in [2.05, 4.69) is 14.9 Å². The number of carbonyl (C=O) groups excluding carboxylic acids is 1. The van der Waals surface area contributed by atoms with Crippen molar-refractivity contribution in [1.82, 2.24) is 9.97 Å². The number of aliphatic hydroxyl groups excluding tert-OH is 1. The molecule has 2 fully saturated rings. The number of halogens is 1. The summed E-state index contributed by atoms with van der Waals surface area (Å²) in [6.45, 7) is 0.924. The molecule has 1 aliphatic heterocycles. The van der Waals surface area contributed by atoms with Crippen molar-refractivity contribution in [2.75, 3.05) is 18.6 Å². The van der Waals surface area contributed by atoms with Crippen LogP contribution in [0, 0.1) is 11.7 Å². The number of carbonyl (C=O) groups is 1. The van der Waals surface area contributed by atoms with Gasteiger partial charge in [0.15, 0.2) is 11.6 Å². The number of hydrogen-bond donors (Lipinski definition) is 1. The number of Topliss-reactive ketones (excluding diaryl/α,β-unsaturated/α-hetero) is 1. The zero-order valence-electron chi connectivity index (χ0n) is 18.5. The Morgan fingerprint density at radius 2 is 2.12 bits per heavy atom. The fourth-order valence-corrected chi connectivity index (χ4v) is 5.17. The van der Waals surface area contributed by atoms with Crippen LogP contribution in [0.2, 0.25) is 0 Å². The normalized spacial score (nSPS) is 19.2. The van der Waals surface area contributed by atoms with Crippen LogP contribution < -0.4 is 9.64 Å². The minimum Gasteiger partial charge on any atom is -0.496 e. The van der Waals surface area contributed by atoms with Gasteiger partial charge in [-0.15, -0.1) is 0 Å². The number of aromatic nitrogens is 2. The molecule has 2 bridgehead atoms. The standard InChI is InChI=1S/C26H26FN3O3/c1-33-24-4-2-3-20(27)25(24)26-28-10-9-21(29-26)23(32)13-18-11-17(15-31)6-8-22(18)30-14-16-5-7-19(30)12-16/h2-4,6,8-11,16,19,31H,5,7,12-15H2,1H3/t16-,19+/m1/s1. The Morgan fingerprint density at radius 3 is 2.85 bits per heavy atom. The number of hydrogen-bond acceptors (Lipinski definition) is 6. The lowest BCUT2D eigenvalue weighted by Crippen LogP contribution is -2.32. The summed E-state index contributed by atoms with van der Waals surface area (Å²) in [5.41, 5.74) is 3.05. The van der Waals surface area contributed by atoms with E-state index < -0.39 is 5.82 Å². The van der Waals surface area contributed by atoms with Crippen LogP contribution in [0.1, 0.15) is 40.9 Å². The minimum absolute atomic E-state index is 0.0851. The van der Waals surface area contributed by atoms with Gasteiger partial charge in [-0.05, 0) is 60.6 Å². The molecular weight excluding hydrogens is 421 g/mol. The van der Waals surface area contributed by atoms with E-state index in [-0.39, 0.29) is 35.9 Å². The van der Waals surface area contributed by atoms with E-state index in [1.54, 1.807) is 18.2 Å². The number of rotatable bonds is 7. The lowest BCUT2D eigenvalue weighted by Gasteiger charge is -2.31. The average Bonchev–Trinajstić information content (AvgIpc) is 3.47. The molecule has 0 spiro atoms. The van der Waals surface area contributed by atoms with Gasteiger partial charge in [-0.25, -0.2) is 14.4 Å². The maximum absolute atomic E-state index is 14.5. The molecule has 7 heteroatoms. The molecule has 2 heterocycles. The Bertz CT molecular complexity index is 1200. The van der Waals surface area contributed by atoms with Crippen LogP contribution in [-0.2, 0) is 13.0 Å². The lowest BCUT2D eigenvalue weighted by atomic mass is 9.99. The highest BCUT2D eigenvalue weighted by Gasteiger charge is 2.38. The fraction of sp³-hybridized carbons (Fsp3) is 0.346. The van der Waals surface area contributed by atoms with E-state index >= 15 is 0 Å². The number of methoxy groups -OCH3 is 1. The average molecular weight is 448 g/mol. The number of benzene rings is 2. The smallest absolute Gasteiger partial charge is 0.185 e. The van der Waals surface area contributed by atoms with E-state index in [4.69, 9.17) is 4.74 Å². The van der Waals surface area contributed by atoms with Gasteiger partial charge in [-0.1, -0.05) is 18.2 Å². The summed E-state index contributed by atoms with van der Waals surface area (Å²) >= 11 is 0. The van der Waals surface area contributed by atoms with Gasteiger partial charge in [0.05, 0.1) is 19.3 Å². The van der Waals surface area contributed by atoms with Crippen LogP contribution in [0.15, 0.2) is 48.7 Å². The number of piperidine rings is 1. The lowest BCUT2D eigenvalue weighted by molar-refractivity contribution is 0.0988. The Kier molecular flexibility index (Phi) is 5.81. The summed E-state index contributed by atoms with van der Waals surface area (Å²) in [6, 6.07) is 12.4. The van der Waals surface area contributed by atoms with Crippen molar-refractivity contribution in [1.29, 1.82) is 0 Å². The third-order valence-electron chi connectivity index (χ3n) is 6.76. The van der Waals surface area contributed by atoms with E-state index in [0.29, 0.717) is 11.8 Å². The molecule has 0 amide bonds. The molecule has 1 saturated carbocycles. The van der Waals surface area contributed by atoms with E-state index in [9.17, 15) is 14.3 Å². The number of ketones is 1. The zero-order chi connectivity index (χ0) is 22.9. The van der Waals surface area contributed by atoms with Gasteiger partial charge in [-0.3, -0.25) is 4.79 Å². The first-order chi connectivity index (χ1) is 16.1. The van der Waals surface area contributed by atoms with Crippen LogP contribution >= 0.6 is 0 Å². The van der Waals surface area contributed by atoms with Crippen molar-refractivity contribution in [2.24, 2.45) is 5.92 Å². The third kappa shape index (κ3) is 4.09. The number of anilines is 1. The van der Waals surface area contributed by atoms with E-state index in [0.717, 1.165) is 29.3 Å². The monoisotopic (exact) mass is 447 g/mol. The Hall–Kier alpha value is -3.32. The largest absolute Gasteiger partial charge is 0.496 e. The third-order valence-corrected chi connectivity index (χ3v) is 6.76. The molecular formula is C26H26FN3O3. The van der Waals surface area contributed by atoms with Gasteiger partial charge >= 0.3 is 0 Å². The van der Waals surface area contributed by atoms with Gasteiger partial charge in [0.2, 0.25) is 0 Å². The van der Waals surface area contributed by atoms with E-state index in [1.165, 1.54) is 38.6 Å². The van der Waals surface area contributed by atoms with Gasteiger partial charge in [0, 0.05) is 30.9 Å². The second-order valence-electron chi connectivity index (χ2n) is 8.79. The van der Waals surface area contributed by atoms with Gasteiger partial charge < -0.3 is 14.7 Å². The molecule has 0 unspecified atom stereocenters. The van der Waals surface area contributed by atoms with Crippen LogP contribution in [0.4, 0.5) is 10.1 Å². The second kappa shape index (κ2) is 8.90. The van der Waals surface area contributed by atoms with Crippen LogP contribution in [0.25, 0.3) is 11.4 Å². The van der Waals surface area contributed by atoms with Crippen molar-refractivity contribution >= 4 is 11.5 Å². The molecule has 1 aliphatic carbocycles. The Labute approximate surface area is 192 Å². The topological polar surface area (TPSA) is 75.6 Å². The highest BCUT2D eigenvalue weighted by molar-refractivity contribution is 5.97. The number of fused-ring (bicyclic) bond motifs is 2. The molecule has 1 aromatic heterocycles. The highest BCUT2D eigenvalue weighted by atomic mass is 19.1. The Balaban J connectivity index is 1.46. The van der Waals surface area contributed by atoms with E-state index in [1.807, 2.05) is 18.2 Å². The van der Waals surface area contributed by atoms with Crippen LogP contribution in [0.5, 0.6) is 5.75 Å². The molecule has 170 valence electrons. The first kappa shape index (κ1) is 21.5. The molecule has 3 aromatic rings. The van der Waals surface area contributed by atoms with Crippen molar-refractivity contribution in [3.63, 3.8) is 0 Å². The molecule has 2 atom stereocenters. The zero-order valence-corrected chi connectivity index (χ0v) is 18.5. The van der Waals surface area contributed by atoms with Gasteiger partial charge in [0.1, 0.15) is 17.3 Å². The Morgan fingerprint density at radius 1 is 1.24 bits per heavy atom. The maximum atomic E-state index is 14.5. The first-order valence-electron chi connectivity index (χ1n) is 11.3. The SMILES string of the molecule is COc1cccc(F)c1-c1nccc(C(=O)Cc2cc(CO)ccc2N2C[C@@H]3CC[C@H]2C3)n1. The quantitative estimate of drug-likeness (QED) is 0.547. The summed E-state index contributed by atoms with van der Waals surface area (Å²) in [4.78, 5) is 24.2. The fourth-order valence-electron chi connectivity index (χ4n) is 5.17. The second-order valence-corrected chi connectivity index (χ2v) is 8.79. The van der Waals surface area contributed by atoms with Crippen LogP contribution in [0.3, 0.4) is 0 Å². The first-order valence-corrected chi connectivity index (χ1v) is 11.3. The highest BCUT2D eigenvalue weighted by Crippen LogP contribution is 2.41. The number of aliphatic hydroxyl groups is 1. The van der Waals surface area contributed by atoms with Gasteiger partial charge in [-0.2, -0.15) is 0 Å². The van der Waals surface area contributed by atoms with Crippen LogP contribution in [-0.4, -0.2) is 40.6 Å². The molecule has 1 N–H and O–H groups in total. The molecule has 0 radical (unpaired) electrons. The molecule has 1 saturated heterocycles. The minimum atomic E-state index is -0.513. The predicted octanol–water partition coefficient (Wildman–Crippen LogP) is 4.20. The van der Waals surface area contributed by atoms with Crippen molar-refractivity contribution < 1.29 is 19.0 Å².